The number of benzene rings is 1. The number of aromatic nitrogens is 4. The molecule has 1 aromatic carbocycles. The molecule has 0 aliphatic carbocycles. The van der Waals surface area contributed by atoms with E-state index in [4.69, 9.17) is 0 Å². The summed E-state index contributed by atoms with van der Waals surface area (Å²) in [4.78, 5) is 26.8. The molecule has 0 radical (unpaired) electrons. The molecule has 3 aromatic rings. The number of piperidine rings is 1. The number of carbonyl (C=O) groups excluding carboxylic acids is 1. The normalized spacial score (nSPS) is 14.6. The fraction of sp³-hybridized carbons (Fsp3) is 0.381. The summed E-state index contributed by atoms with van der Waals surface area (Å²) in [7, 11) is 0. The first-order chi connectivity index (χ1) is 14.6. The number of amides is 1. The van der Waals surface area contributed by atoms with Gasteiger partial charge in [-0.3, -0.25) is 14.9 Å². The van der Waals surface area contributed by atoms with E-state index < -0.39 is 0 Å². The van der Waals surface area contributed by atoms with Gasteiger partial charge in [-0.15, -0.1) is 10.2 Å². The first-order valence-corrected chi connectivity index (χ1v) is 10.9. The highest BCUT2D eigenvalue weighted by molar-refractivity contribution is 7.15. The lowest BCUT2D eigenvalue weighted by atomic mass is 9.99. The van der Waals surface area contributed by atoms with Gasteiger partial charge in [-0.1, -0.05) is 48.6 Å². The van der Waals surface area contributed by atoms with Crippen LogP contribution in [-0.4, -0.2) is 39.0 Å². The molecule has 0 bridgehead atoms. The average Bonchev–Trinajstić information content (AvgIpc) is 3.17. The SMILES string of the molecule is CC1CCN(c2ccc(=O)n(CC(=O)Nc3nnc(Cc4ccccc4)s3)n2)CC1. The zero-order valence-corrected chi connectivity index (χ0v) is 17.6. The summed E-state index contributed by atoms with van der Waals surface area (Å²) < 4.78 is 1.20. The van der Waals surface area contributed by atoms with Crippen molar-refractivity contribution < 1.29 is 4.79 Å². The van der Waals surface area contributed by atoms with Crippen molar-refractivity contribution >= 4 is 28.2 Å². The highest BCUT2D eigenvalue weighted by Gasteiger charge is 2.18. The molecule has 4 rings (SSSR count). The largest absolute Gasteiger partial charge is 0.355 e. The third-order valence-electron chi connectivity index (χ3n) is 5.16. The van der Waals surface area contributed by atoms with Crippen LogP contribution in [0.1, 0.15) is 30.3 Å². The summed E-state index contributed by atoms with van der Waals surface area (Å²) >= 11 is 1.33. The van der Waals surface area contributed by atoms with Crippen LogP contribution in [0.5, 0.6) is 0 Å². The van der Waals surface area contributed by atoms with E-state index in [0.717, 1.165) is 42.3 Å². The van der Waals surface area contributed by atoms with Gasteiger partial charge in [-0.2, -0.15) is 5.10 Å². The standard InChI is InChI=1S/C21H24N6O2S/c1-15-9-11-26(12-10-15)17-7-8-20(29)27(25-17)14-18(28)22-21-24-23-19(30-21)13-16-5-3-2-4-6-16/h2-8,15H,9-14H2,1H3,(H,22,24,28). The maximum absolute atomic E-state index is 12.4. The van der Waals surface area contributed by atoms with Gasteiger partial charge >= 0.3 is 0 Å². The smallest absolute Gasteiger partial charge is 0.267 e. The highest BCUT2D eigenvalue weighted by Crippen LogP contribution is 2.21. The lowest BCUT2D eigenvalue weighted by Gasteiger charge is -2.31. The van der Waals surface area contributed by atoms with E-state index >= 15 is 0 Å². The van der Waals surface area contributed by atoms with Gasteiger partial charge in [-0.25, -0.2) is 4.68 Å². The van der Waals surface area contributed by atoms with Crippen LogP contribution in [0.4, 0.5) is 10.9 Å². The molecule has 30 heavy (non-hydrogen) atoms. The Labute approximate surface area is 178 Å². The molecular formula is C21H24N6O2S. The van der Waals surface area contributed by atoms with Gasteiger partial charge in [0.05, 0.1) is 0 Å². The summed E-state index contributed by atoms with van der Waals surface area (Å²) in [6, 6.07) is 13.2. The van der Waals surface area contributed by atoms with Gasteiger partial charge < -0.3 is 4.90 Å². The molecule has 8 nitrogen and oxygen atoms in total. The molecule has 1 aliphatic rings. The summed E-state index contributed by atoms with van der Waals surface area (Å²) in [6.45, 7) is 3.90. The molecule has 0 spiro atoms. The van der Waals surface area contributed by atoms with Crippen molar-refractivity contribution in [2.75, 3.05) is 23.3 Å². The monoisotopic (exact) mass is 424 g/mol. The van der Waals surface area contributed by atoms with E-state index in [-0.39, 0.29) is 18.0 Å². The van der Waals surface area contributed by atoms with Crippen LogP contribution >= 0.6 is 11.3 Å². The van der Waals surface area contributed by atoms with Gasteiger partial charge in [0.25, 0.3) is 5.56 Å². The lowest BCUT2D eigenvalue weighted by molar-refractivity contribution is -0.117. The van der Waals surface area contributed by atoms with Crippen LogP contribution < -0.4 is 15.8 Å². The molecule has 1 amide bonds. The van der Waals surface area contributed by atoms with Crippen molar-refractivity contribution in [2.24, 2.45) is 5.92 Å². The van der Waals surface area contributed by atoms with Crippen LogP contribution in [0.3, 0.4) is 0 Å². The zero-order valence-electron chi connectivity index (χ0n) is 16.8. The number of hydrogen-bond donors (Lipinski definition) is 1. The highest BCUT2D eigenvalue weighted by atomic mass is 32.1. The molecule has 9 heteroatoms. The Morgan fingerprint density at radius 2 is 1.90 bits per heavy atom. The molecule has 1 saturated heterocycles. The third kappa shape index (κ3) is 5.10. The maximum atomic E-state index is 12.4. The molecule has 0 unspecified atom stereocenters. The fourth-order valence-corrected chi connectivity index (χ4v) is 4.19. The van der Waals surface area contributed by atoms with Crippen molar-refractivity contribution in [2.45, 2.75) is 32.7 Å². The predicted octanol–water partition coefficient (Wildman–Crippen LogP) is 2.56. The van der Waals surface area contributed by atoms with Gasteiger partial charge in [0.1, 0.15) is 17.4 Å². The number of hydrogen-bond acceptors (Lipinski definition) is 7. The number of carbonyl (C=O) groups is 1. The Kier molecular flexibility index (Phi) is 6.18. The Bertz CT molecular complexity index is 1060. The van der Waals surface area contributed by atoms with Crippen LogP contribution in [0.2, 0.25) is 0 Å². The first-order valence-electron chi connectivity index (χ1n) is 10.1. The van der Waals surface area contributed by atoms with E-state index in [0.29, 0.717) is 17.5 Å². The maximum Gasteiger partial charge on any atom is 0.267 e. The van der Waals surface area contributed by atoms with E-state index in [1.165, 1.54) is 22.1 Å². The van der Waals surface area contributed by atoms with E-state index in [1.54, 1.807) is 6.07 Å². The van der Waals surface area contributed by atoms with Crippen molar-refractivity contribution in [3.8, 4) is 0 Å². The third-order valence-corrected chi connectivity index (χ3v) is 6.00. The van der Waals surface area contributed by atoms with Gasteiger partial charge in [-0.05, 0) is 30.4 Å². The molecule has 3 heterocycles. The minimum Gasteiger partial charge on any atom is -0.355 e. The molecule has 0 saturated carbocycles. The minimum atomic E-state index is -0.351. The van der Waals surface area contributed by atoms with Crippen LogP contribution in [0, 0.1) is 5.92 Å². The van der Waals surface area contributed by atoms with E-state index in [2.05, 4.69) is 32.4 Å². The lowest BCUT2D eigenvalue weighted by Crippen LogP contribution is -2.36. The second-order valence-corrected chi connectivity index (χ2v) is 8.63. The number of rotatable bonds is 6. The van der Waals surface area contributed by atoms with Crippen molar-refractivity contribution in [1.29, 1.82) is 0 Å². The second-order valence-electron chi connectivity index (χ2n) is 7.57. The Balaban J connectivity index is 1.38. The van der Waals surface area contributed by atoms with Crippen molar-refractivity contribution in [1.82, 2.24) is 20.0 Å². The molecular weight excluding hydrogens is 400 g/mol. The van der Waals surface area contributed by atoms with Crippen LogP contribution in [0.25, 0.3) is 0 Å². The Hall–Kier alpha value is -3.07. The summed E-state index contributed by atoms with van der Waals surface area (Å²) in [6.07, 6.45) is 2.86. The first kappa shape index (κ1) is 20.2. The van der Waals surface area contributed by atoms with Crippen LogP contribution in [0.15, 0.2) is 47.3 Å². The topological polar surface area (TPSA) is 93.0 Å². The summed E-state index contributed by atoms with van der Waals surface area (Å²) in [5, 5.41) is 16.5. The van der Waals surface area contributed by atoms with E-state index in [1.807, 2.05) is 30.3 Å². The minimum absolute atomic E-state index is 0.162. The molecule has 1 N–H and O–H groups in total. The molecule has 1 aliphatic heterocycles. The van der Waals surface area contributed by atoms with Gasteiger partial charge in [0.2, 0.25) is 11.0 Å². The molecule has 1 fully saturated rings. The summed E-state index contributed by atoms with van der Waals surface area (Å²) in [5.41, 5.74) is 0.826. The molecule has 2 aromatic heterocycles. The summed E-state index contributed by atoms with van der Waals surface area (Å²) in [5.74, 6) is 1.09. The van der Waals surface area contributed by atoms with Crippen molar-refractivity contribution in [3.05, 3.63) is 63.4 Å². The quantitative estimate of drug-likeness (QED) is 0.654. The van der Waals surface area contributed by atoms with Gasteiger partial charge in [0, 0.05) is 25.6 Å². The molecule has 156 valence electrons. The molecule has 0 atom stereocenters. The van der Waals surface area contributed by atoms with E-state index in [9.17, 15) is 9.59 Å². The van der Waals surface area contributed by atoms with Crippen LogP contribution in [-0.2, 0) is 17.8 Å². The number of nitrogens with zero attached hydrogens (tertiary/aromatic N) is 5. The fourth-order valence-electron chi connectivity index (χ4n) is 3.40. The average molecular weight is 425 g/mol. The predicted molar refractivity (Wildman–Crippen MR) is 117 cm³/mol. The number of anilines is 2. The second kappa shape index (κ2) is 9.17. The Morgan fingerprint density at radius 1 is 1.13 bits per heavy atom. The van der Waals surface area contributed by atoms with Gasteiger partial charge in [0.15, 0.2) is 0 Å². The zero-order chi connectivity index (χ0) is 20.9. The number of nitrogens with one attached hydrogen (secondary N) is 1. The van der Waals surface area contributed by atoms with Crippen molar-refractivity contribution in [3.63, 3.8) is 0 Å². The Morgan fingerprint density at radius 3 is 2.67 bits per heavy atom.